The van der Waals surface area contributed by atoms with E-state index in [1.807, 2.05) is 29.2 Å². The van der Waals surface area contributed by atoms with E-state index in [9.17, 15) is 36.2 Å². The van der Waals surface area contributed by atoms with Crippen LogP contribution in [0.3, 0.4) is 0 Å². The van der Waals surface area contributed by atoms with Crippen LogP contribution in [0.2, 0.25) is 0 Å². The largest absolute Gasteiger partial charge is 0.478 e. The molecule has 4 rings (SSSR count). The summed E-state index contributed by atoms with van der Waals surface area (Å²) in [6.07, 6.45) is -2.14. The van der Waals surface area contributed by atoms with Crippen molar-refractivity contribution in [1.82, 2.24) is 4.98 Å². The van der Waals surface area contributed by atoms with E-state index in [1.54, 1.807) is 30.5 Å². The normalized spacial score (nSPS) is 11.0. The zero-order valence-corrected chi connectivity index (χ0v) is 24.7. The van der Waals surface area contributed by atoms with Crippen molar-refractivity contribution in [1.29, 1.82) is 0 Å². The predicted molar refractivity (Wildman–Crippen MR) is 159 cm³/mol. The van der Waals surface area contributed by atoms with Gasteiger partial charge in [-0.3, -0.25) is 8.78 Å². The number of carboxylic acids is 1. The van der Waals surface area contributed by atoms with Crippen LogP contribution in [0.15, 0.2) is 91.1 Å². The standard InChI is InChI=1S/C31H28F4N2O3.2CH3F/c1-30(2,29(38)39)40-27-14-5-21(6-15-27)17-18-37(20-22-3-10-25(11-4-22)31(33,34)35)28-16-9-24(19-36-28)23-7-12-26(32)13-8-23;2*1-2/h3-16,19H,17-18,20H2,1-2H3,(H,38,39);2*1H3. The Morgan fingerprint density at radius 2 is 1.34 bits per heavy atom. The molecule has 4 aromatic rings. The number of ether oxygens (including phenoxy) is 1. The Bertz CT molecular complexity index is 1430. The molecule has 0 radical (unpaired) electrons. The van der Waals surface area contributed by atoms with E-state index in [0.29, 0.717) is 51.0 Å². The average Bonchev–Trinajstić information content (AvgIpc) is 3.02. The number of carbonyl (C=O) groups is 1. The highest BCUT2D eigenvalue weighted by atomic mass is 19.4. The Morgan fingerprint density at radius 1 is 0.795 bits per heavy atom. The van der Waals surface area contributed by atoms with E-state index < -0.39 is 23.3 Å². The van der Waals surface area contributed by atoms with Gasteiger partial charge in [0.05, 0.1) is 19.9 Å². The summed E-state index contributed by atoms with van der Waals surface area (Å²) in [7, 11) is 1.00. The van der Waals surface area contributed by atoms with Gasteiger partial charge in [0.2, 0.25) is 0 Å². The molecule has 0 spiro atoms. The number of rotatable bonds is 10. The molecule has 0 bridgehead atoms. The molecule has 0 unspecified atom stereocenters. The van der Waals surface area contributed by atoms with Crippen LogP contribution in [0.1, 0.15) is 30.5 Å². The third-order valence-corrected chi connectivity index (χ3v) is 6.39. The first-order chi connectivity index (χ1) is 20.9. The second kappa shape index (κ2) is 16.3. The minimum absolute atomic E-state index is 0.328. The van der Waals surface area contributed by atoms with Gasteiger partial charge in [0.1, 0.15) is 17.4 Å². The van der Waals surface area contributed by atoms with E-state index in [0.717, 1.165) is 28.8 Å². The number of hydrogen-bond donors (Lipinski definition) is 1. The quantitative estimate of drug-likeness (QED) is 0.180. The lowest BCUT2D eigenvalue weighted by atomic mass is 10.1. The first kappa shape index (κ1) is 35.7. The van der Waals surface area contributed by atoms with E-state index >= 15 is 0 Å². The molecule has 0 aliphatic heterocycles. The highest BCUT2D eigenvalue weighted by Crippen LogP contribution is 2.30. The molecular formula is C33H34F6N2O3. The molecule has 236 valence electrons. The van der Waals surface area contributed by atoms with Gasteiger partial charge in [-0.15, -0.1) is 0 Å². The first-order valence-electron chi connectivity index (χ1n) is 13.3. The topological polar surface area (TPSA) is 62.7 Å². The number of benzene rings is 3. The summed E-state index contributed by atoms with van der Waals surface area (Å²) in [5.41, 5.74) is 1.18. The van der Waals surface area contributed by atoms with Crippen LogP contribution in [0, 0.1) is 5.82 Å². The third-order valence-electron chi connectivity index (χ3n) is 6.39. The molecule has 44 heavy (non-hydrogen) atoms. The highest BCUT2D eigenvalue weighted by molar-refractivity contribution is 5.76. The van der Waals surface area contributed by atoms with Gasteiger partial charge in [0.15, 0.2) is 5.60 Å². The lowest BCUT2D eigenvalue weighted by molar-refractivity contribution is -0.152. The Balaban J connectivity index is 0.00000162. The minimum atomic E-state index is -4.41. The van der Waals surface area contributed by atoms with Gasteiger partial charge in [-0.2, -0.15) is 13.2 Å². The van der Waals surface area contributed by atoms with E-state index in [1.165, 1.54) is 38.1 Å². The second-order valence-corrected chi connectivity index (χ2v) is 9.84. The van der Waals surface area contributed by atoms with Gasteiger partial charge >= 0.3 is 12.1 Å². The van der Waals surface area contributed by atoms with Gasteiger partial charge in [-0.1, -0.05) is 36.4 Å². The summed E-state index contributed by atoms with van der Waals surface area (Å²) in [6, 6.07) is 21.9. The first-order valence-corrected chi connectivity index (χ1v) is 13.3. The monoisotopic (exact) mass is 620 g/mol. The molecule has 0 atom stereocenters. The molecule has 1 N–H and O–H groups in total. The number of anilines is 1. The minimum Gasteiger partial charge on any atom is -0.478 e. The molecule has 0 saturated carbocycles. The maximum absolute atomic E-state index is 13.3. The Morgan fingerprint density at radius 3 is 1.84 bits per heavy atom. The molecule has 1 aromatic heterocycles. The van der Waals surface area contributed by atoms with Crippen molar-refractivity contribution in [3.8, 4) is 16.9 Å². The molecule has 0 aliphatic carbocycles. The van der Waals surface area contributed by atoms with Crippen LogP contribution in [-0.2, 0) is 23.9 Å². The van der Waals surface area contributed by atoms with E-state index in [2.05, 4.69) is 4.98 Å². The van der Waals surface area contributed by atoms with Crippen molar-refractivity contribution in [3.63, 3.8) is 0 Å². The number of halogens is 6. The predicted octanol–water partition coefficient (Wildman–Crippen LogP) is 8.57. The SMILES string of the molecule is CC(C)(Oc1ccc(CCN(Cc2ccc(C(F)(F)F)cc2)c2ccc(-c3ccc(F)cc3)cn2)cc1)C(=O)O.CF.CF. The summed E-state index contributed by atoms with van der Waals surface area (Å²) in [5, 5.41) is 9.27. The number of nitrogens with zero attached hydrogens (tertiary/aromatic N) is 2. The van der Waals surface area contributed by atoms with Gasteiger partial charge < -0.3 is 14.7 Å². The number of alkyl halides is 5. The molecule has 1 heterocycles. The number of carboxylic acid groups (broad SMARTS) is 1. The average molecular weight is 621 g/mol. The molecule has 0 aliphatic rings. The lowest BCUT2D eigenvalue weighted by Crippen LogP contribution is -2.37. The van der Waals surface area contributed by atoms with Gasteiger partial charge in [-0.05, 0) is 85.5 Å². The summed E-state index contributed by atoms with van der Waals surface area (Å²) in [5.74, 6) is -0.348. The third kappa shape index (κ3) is 10.3. The summed E-state index contributed by atoms with van der Waals surface area (Å²) in [6.45, 7) is 3.77. The Hall–Kier alpha value is -4.54. The van der Waals surface area contributed by atoms with Crippen LogP contribution < -0.4 is 9.64 Å². The van der Waals surface area contributed by atoms with Crippen LogP contribution in [0.5, 0.6) is 5.75 Å². The lowest BCUT2D eigenvalue weighted by Gasteiger charge is -2.25. The molecular weight excluding hydrogens is 586 g/mol. The number of pyridine rings is 1. The summed E-state index contributed by atoms with van der Waals surface area (Å²) in [4.78, 5) is 17.9. The van der Waals surface area contributed by atoms with Gasteiger partial charge in [0.25, 0.3) is 0 Å². The number of hydrogen-bond acceptors (Lipinski definition) is 4. The van der Waals surface area contributed by atoms with E-state index in [-0.39, 0.29) is 5.82 Å². The Labute approximate surface area is 252 Å². The molecule has 11 heteroatoms. The van der Waals surface area contributed by atoms with Crippen LogP contribution in [0.4, 0.5) is 32.2 Å². The zero-order chi connectivity index (χ0) is 32.9. The van der Waals surface area contributed by atoms with Crippen molar-refractivity contribution in [2.75, 3.05) is 25.8 Å². The fourth-order valence-electron chi connectivity index (χ4n) is 4.01. The zero-order valence-electron chi connectivity index (χ0n) is 24.7. The molecule has 0 saturated heterocycles. The van der Waals surface area contributed by atoms with Crippen molar-refractivity contribution >= 4 is 11.8 Å². The Kier molecular flexibility index (Phi) is 13.2. The maximum atomic E-state index is 13.3. The fourth-order valence-corrected chi connectivity index (χ4v) is 4.01. The van der Waals surface area contributed by atoms with Gasteiger partial charge in [-0.25, -0.2) is 14.2 Å². The van der Waals surface area contributed by atoms with Crippen LogP contribution in [-0.4, -0.2) is 42.6 Å². The molecule has 3 aromatic carbocycles. The van der Waals surface area contributed by atoms with Crippen molar-refractivity contribution < 1.29 is 41.0 Å². The molecule has 0 amide bonds. The second-order valence-electron chi connectivity index (χ2n) is 9.84. The van der Waals surface area contributed by atoms with Crippen molar-refractivity contribution in [2.45, 2.75) is 38.6 Å². The fraction of sp³-hybridized carbons (Fsp3) is 0.273. The smallest absolute Gasteiger partial charge is 0.416 e. The van der Waals surface area contributed by atoms with Crippen molar-refractivity contribution in [2.24, 2.45) is 0 Å². The van der Waals surface area contributed by atoms with Crippen molar-refractivity contribution in [3.05, 3.63) is 114 Å². The number of aromatic nitrogens is 1. The van der Waals surface area contributed by atoms with Gasteiger partial charge in [0, 0.05) is 24.8 Å². The van der Waals surface area contributed by atoms with Crippen LogP contribution in [0.25, 0.3) is 11.1 Å². The molecule has 5 nitrogen and oxygen atoms in total. The maximum Gasteiger partial charge on any atom is 0.416 e. The van der Waals surface area contributed by atoms with Crippen LogP contribution >= 0.6 is 0 Å². The molecule has 0 fully saturated rings. The number of aliphatic carboxylic acids is 1. The highest BCUT2D eigenvalue weighted by Gasteiger charge is 2.30. The summed E-state index contributed by atoms with van der Waals surface area (Å²) < 4.78 is 77.0. The summed E-state index contributed by atoms with van der Waals surface area (Å²) >= 11 is 0. The van der Waals surface area contributed by atoms with E-state index in [4.69, 9.17) is 4.74 Å².